The van der Waals surface area contributed by atoms with Crippen molar-refractivity contribution in [2.24, 2.45) is 23.5 Å². The first-order chi connectivity index (χ1) is 13.1. The first kappa shape index (κ1) is 18.5. The third-order valence-electron chi connectivity index (χ3n) is 6.30. The average molecular weight is 385 g/mol. The maximum Gasteiger partial charge on any atom is 0.223 e. The van der Waals surface area contributed by atoms with Gasteiger partial charge < -0.3 is 15.8 Å². The summed E-state index contributed by atoms with van der Waals surface area (Å²) < 4.78 is 5.21. The maximum absolute atomic E-state index is 12.7. The zero-order valence-electron chi connectivity index (χ0n) is 15.8. The lowest BCUT2D eigenvalue weighted by Gasteiger charge is -2.43. The van der Waals surface area contributed by atoms with Crippen LogP contribution in [0.1, 0.15) is 37.0 Å². The first-order valence-electron chi connectivity index (χ1n) is 9.89. The quantitative estimate of drug-likeness (QED) is 0.812. The minimum absolute atomic E-state index is 0.140. The third-order valence-corrected chi connectivity index (χ3v) is 7.23. The van der Waals surface area contributed by atoms with Crippen molar-refractivity contribution in [2.45, 2.75) is 44.7 Å². The molecule has 4 nitrogen and oxygen atoms in total. The van der Waals surface area contributed by atoms with Crippen LogP contribution in [0.25, 0.3) is 11.1 Å². The Hall–Kier alpha value is -1.85. The Morgan fingerprint density at radius 2 is 1.89 bits per heavy atom. The predicted molar refractivity (Wildman–Crippen MR) is 110 cm³/mol. The normalized spacial score (nSPS) is 27.2. The summed E-state index contributed by atoms with van der Waals surface area (Å²) in [5.41, 5.74) is 8.70. The second kappa shape index (κ2) is 8.03. The molecule has 2 fully saturated rings. The van der Waals surface area contributed by atoms with Crippen LogP contribution in [0.4, 0.5) is 0 Å². The average Bonchev–Trinajstić information content (AvgIpc) is 3.15. The molecule has 2 saturated carbocycles. The molecule has 27 heavy (non-hydrogen) atoms. The molecule has 1 heterocycles. The monoisotopic (exact) mass is 384 g/mol. The van der Waals surface area contributed by atoms with Gasteiger partial charge in [0.2, 0.25) is 5.91 Å². The molecule has 2 bridgehead atoms. The number of fused-ring (bicyclic) bond motifs is 2. The van der Waals surface area contributed by atoms with Gasteiger partial charge in [0.1, 0.15) is 5.75 Å². The van der Waals surface area contributed by atoms with Crippen LogP contribution >= 0.6 is 11.3 Å². The topological polar surface area (TPSA) is 64.3 Å². The van der Waals surface area contributed by atoms with E-state index in [2.05, 4.69) is 28.9 Å². The molecular weight excluding hydrogens is 356 g/mol. The number of ether oxygens (including phenoxy) is 1. The number of hydrogen-bond donors (Lipinski definition) is 2. The Bertz CT molecular complexity index is 772. The van der Waals surface area contributed by atoms with Gasteiger partial charge in [-0.1, -0.05) is 18.6 Å². The van der Waals surface area contributed by atoms with Gasteiger partial charge in [0.15, 0.2) is 0 Å². The number of amides is 1. The summed E-state index contributed by atoms with van der Waals surface area (Å²) in [6, 6.07) is 10.5. The molecule has 5 heteroatoms. The molecule has 2 aromatic rings. The number of hydrogen-bond acceptors (Lipinski definition) is 4. The van der Waals surface area contributed by atoms with Gasteiger partial charge in [0.05, 0.1) is 13.7 Å². The molecule has 1 aromatic carbocycles. The van der Waals surface area contributed by atoms with Crippen LogP contribution in [0, 0.1) is 17.8 Å². The summed E-state index contributed by atoms with van der Waals surface area (Å²) in [4.78, 5) is 13.9. The van der Waals surface area contributed by atoms with E-state index in [1.165, 1.54) is 35.3 Å². The standard InChI is InChI=1S/C22H28N2O2S/c1-26-19-7-5-14(6-8-19)18-11-20(27-13-18)12-24-22(25)17-9-15-3-2-4-16(10-17)21(15)23/h5-8,11,13,15-17,21H,2-4,9-10,12,23H2,1H3,(H,24,25). The molecule has 0 aliphatic heterocycles. The highest BCUT2D eigenvalue weighted by Gasteiger charge is 2.40. The zero-order chi connectivity index (χ0) is 18.8. The van der Waals surface area contributed by atoms with Crippen LogP contribution in [-0.4, -0.2) is 19.1 Å². The summed E-state index contributed by atoms with van der Waals surface area (Å²) in [6.45, 7) is 0.609. The van der Waals surface area contributed by atoms with Gasteiger partial charge in [-0.15, -0.1) is 11.3 Å². The Morgan fingerprint density at radius 3 is 2.56 bits per heavy atom. The van der Waals surface area contributed by atoms with E-state index in [1.54, 1.807) is 18.4 Å². The predicted octanol–water partition coefficient (Wildman–Crippen LogP) is 4.19. The van der Waals surface area contributed by atoms with Crippen molar-refractivity contribution in [1.29, 1.82) is 0 Å². The molecule has 0 saturated heterocycles. The molecule has 1 aromatic heterocycles. The molecule has 2 atom stereocenters. The van der Waals surface area contributed by atoms with Crippen molar-refractivity contribution >= 4 is 17.2 Å². The number of benzene rings is 1. The summed E-state index contributed by atoms with van der Waals surface area (Å²) in [5, 5.41) is 5.31. The minimum Gasteiger partial charge on any atom is -0.497 e. The second-order valence-corrected chi connectivity index (χ2v) is 8.94. The fourth-order valence-electron chi connectivity index (χ4n) is 4.73. The lowest BCUT2D eigenvalue weighted by molar-refractivity contribution is -0.128. The van der Waals surface area contributed by atoms with E-state index in [1.807, 2.05) is 12.1 Å². The molecule has 4 rings (SSSR count). The lowest BCUT2D eigenvalue weighted by Crippen LogP contribution is -2.49. The Kier molecular flexibility index (Phi) is 5.50. The van der Waals surface area contributed by atoms with Crippen molar-refractivity contribution in [3.8, 4) is 16.9 Å². The number of methoxy groups -OCH3 is 1. The molecule has 2 unspecified atom stereocenters. The van der Waals surface area contributed by atoms with Crippen molar-refractivity contribution in [2.75, 3.05) is 7.11 Å². The van der Waals surface area contributed by atoms with Gasteiger partial charge in [0.25, 0.3) is 0 Å². The highest BCUT2D eigenvalue weighted by molar-refractivity contribution is 7.10. The number of rotatable bonds is 5. The van der Waals surface area contributed by atoms with Crippen LogP contribution in [0.3, 0.4) is 0 Å². The van der Waals surface area contributed by atoms with Crippen LogP contribution in [-0.2, 0) is 11.3 Å². The van der Waals surface area contributed by atoms with Crippen molar-refractivity contribution < 1.29 is 9.53 Å². The van der Waals surface area contributed by atoms with E-state index in [4.69, 9.17) is 10.5 Å². The van der Waals surface area contributed by atoms with E-state index >= 15 is 0 Å². The van der Waals surface area contributed by atoms with Gasteiger partial charge in [-0.25, -0.2) is 0 Å². The molecule has 2 aliphatic carbocycles. The summed E-state index contributed by atoms with van der Waals surface area (Å²) in [7, 11) is 1.67. The Balaban J connectivity index is 1.33. The van der Waals surface area contributed by atoms with Gasteiger partial charge in [-0.05, 0) is 72.2 Å². The SMILES string of the molecule is COc1ccc(-c2csc(CNC(=O)C3CC4CCCC(C3)C4N)c2)cc1. The van der Waals surface area contributed by atoms with Crippen molar-refractivity contribution in [3.05, 3.63) is 40.6 Å². The summed E-state index contributed by atoms with van der Waals surface area (Å²) in [5.74, 6) is 2.28. The van der Waals surface area contributed by atoms with Gasteiger partial charge in [-0.2, -0.15) is 0 Å². The lowest BCUT2D eigenvalue weighted by atomic mass is 9.65. The number of carbonyl (C=O) groups is 1. The zero-order valence-corrected chi connectivity index (χ0v) is 16.6. The van der Waals surface area contributed by atoms with Crippen LogP contribution in [0.2, 0.25) is 0 Å². The molecule has 1 amide bonds. The van der Waals surface area contributed by atoms with E-state index in [9.17, 15) is 4.79 Å². The largest absolute Gasteiger partial charge is 0.497 e. The number of thiophene rings is 1. The van der Waals surface area contributed by atoms with Crippen molar-refractivity contribution in [1.82, 2.24) is 5.32 Å². The first-order valence-corrected chi connectivity index (χ1v) is 10.8. The highest BCUT2D eigenvalue weighted by Crippen LogP contribution is 2.42. The molecule has 144 valence electrons. The third kappa shape index (κ3) is 4.04. The molecule has 2 aliphatic rings. The van der Waals surface area contributed by atoms with Gasteiger partial charge in [0, 0.05) is 16.8 Å². The molecule has 0 radical (unpaired) electrons. The van der Waals surface area contributed by atoms with Gasteiger partial charge in [-0.3, -0.25) is 4.79 Å². The van der Waals surface area contributed by atoms with E-state index in [0.717, 1.165) is 18.6 Å². The van der Waals surface area contributed by atoms with Crippen LogP contribution in [0.5, 0.6) is 5.75 Å². The fraction of sp³-hybridized carbons (Fsp3) is 0.500. The number of carbonyl (C=O) groups excluding carboxylic acids is 1. The van der Waals surface area contributed by atoms with Gasteiger partial charge >= 0.3 is 0 Å². The molecular formula is C22H28N2O2S. The summed E-state index contributed by atoms with van der Waals surface area (Å²) in [6.07, 6.45) is 5.59. The number of nitrogens with two attached hydrogens (primary N) is 1. The number of nitrogens with one attached hydrogen (secondary N) is 1. The van der Waals surface area contributed by atoms with E-state index < -0.39 is 0 Å². The van der Waals surface area contributed by atoms with E-state index in [0.29, 0.717) is 24.4 Å². The van der Waals surface area contributed by atoms with Crippen LogP contribution < -0.4 is 15.8 Å². The highest BCUT2D eigenvalue weighted by atomic mass is 32.1. The van der Waals surface area contributed by atoms with E-state index in [-0.39, 0.29) is 11.8 Å². The Morgan fingerprint density at radius 1 is 1.19 bits per heavy atom. The van der Waals surface area contributed by atoms with Crippen molar-refractivity contribution in [3.63, 3.8) is 0 Å². The fourth-order valence-corrected chi connectivity index (χ4v) is 5.56. The minimum atomic E-state index is 0.140. The Labute approximate surface area is 165 Å². The molecule has 0 spiro atoms. The molecule has 3 N–H and O–H groups in total. The maximum atomic E-state index is 12.7. The second-order valence-electron chi connectivity index (χ2n) is 7.94. The smallest absolute Gasteiger partial charge is 0.223 e. The van der Waals surface area contributed by atoms with Crippen LogP contribution in [0.15, 0.2) is 35.7 Å². The summed E-state index contributed by atoms with van der Waals surface area (Å²) >= 11 is 1.69.